The van der Waals surface area contributed by atoms with Crippen LogP contribution in [0.4, 0.5) is 0 Å². The lowest BCUT2D eigenvalue weighted by atomic mass is 10.2. The molecule has 0 atom stereocenters. The van der Waals surface area contributed by atoms with Crippen LogP contribution in [-0.4, -0.2) is 8.42 Å². The summed E-state index contributed by atoms with van der Waals surface area (Å²) in [5.74, 6) is 0.431. The molecule has 0 unspecified atom stereocenters. The molecule has 0 saturated heterocycles. The molecule has 1 aromatic carbocycles. The van der Waals surface area contributed by atoms with Gasteiger partial charge in [-0.3, -0.25) is 0 Å². The summed E-state index contributed by atoms with van der Waals surface area (Å²) in [5, 5.41) is 0. The highest BCUT2D eigenvalue weighted by Crippen LogP contribution is 2.30. The van der Waals surface area contributed by atoms with Crippen LogP contribution in [0.2, 0.25) is 0 Å². The maximum absolute atomic E-state index is 11.0. The Morgan fingerprint density at radius 3 is 2.36 bits per heavy atom. The Morgan fingerprint density at radius 2 is 2.09 bits per heavy atom. The summed E-state index contributed by atoms with van der Waals surface area (Å²) < 4.78 is 26.7. The summed E-state index contributed by atoms with van der Waals surface area (Å²) in [6.07, 6.45) is 0. The van der Waals surface area contributed by atoms with E-state index in [0.717, 1.165) is 5.56 Å². The van der Waals surface area contributed by atoms with Gasteiger partial charge in [-0.2, -0.15) is 8.42 Å². The molecule has 11 heavy (non-hydrogen) atoms. The minimum atomic E-state index is -3.44. The summed E-state index contributed by atoms with van der Waals surface area (Å²) >= 11 is 0. The van der Waals surface area contributed by atoms with Crippen LogP contribution >= 0.6 is 0 Å². The Morgan fingerprint density at radius 1 is 1.36 bits per heavy atom. The summed E-state index contributed by atoms with van der Waals surface area (Å²) in [6.45, 7) is 1.81. The fourth-order valence-electron chi connectivity index (χ4n) is 1.04. The van der Waals surface area contributed by atoms with Crippen LogP contribution in [0.5, 0.6) is 5.75 Å². The van der Waals surface area contributed by atoms with Crippen molar-refractivity contribution in [2.45, 2.75) is 11.8 Å². The Hall–Kier alpha value is -1.03. The van der Waals surface area contributed by atoms with Gasteiger partial charge >= 0.3 is 10.1 Å². The van der Waals surface area contributed by atoms with Crippen LogP contribution < -0.4 is 4.18 Å². The number of hydrogen-bond acceptors (Lipinski definition) is 3. The molecule has 0 radical (unpaired) electrons. The molecule has 58 valence electrons. The third kappa shape index (κ3) is 0.826. The van der Waals surface area contributed by atoms with Crippen LogP contribution in [0.3, 0.4) is 0 Å². The van der Waals surface area contributed by atoms with Crippen molar-refractivity contribution in [3.63, 3.8) is 0 Å². The molecule has 0 fully saturated rings. The number of rotatable bonds is 0. The quantitative estimate of drug-likeness (QED) is 0.547. The van der Waals surface area contributed by atoms with Crippen LogP contribution in [0.1, 0.15) is 5.56 Å². The first kappa shape index (κ1) is 6.67. The Bertz CT molecular complexity index is 406. The van der Waals surface area contributed by atoms with E-state index in [-0.39, 0.29) is 4.90 Å². The van der Waals surface area contributed by atoms with E-state index in [1.165, 1.54) is 0 Å². The molecule has 0 aromatic heterocycles. The molecule has 0 saturated carbocycles. The van der Waals surface area contributed by atoms with Gasteiger partial charge in [0, 0.05) is 0 Å². The summed E-state index contributed by atoms with van der Waals surface area (Å²) in [7, 11) is -3.44. The average molecular weight is 170 g/mol. The van der Waals surface area contributed by atoms with Crippen molar-refractivity contribution in [3.8, 4) is 5.75 Å². The van der Waals surface area contributed by atoms with Crippen molar-refractivity contribution in [2.24, 2.45) is 0 Å². The van der Waals surface area contributed by atoms with E-state index in [0.29, 0.717) is 5.75 Å². The van der Waals surface area contributed by atoms with Crippen molar-refractivity contribution >= 4 is 10.1 Å². The number of hydrogen-bond donors (Lipinski definition) is 0. The van der Waals surface area contributed by atoms with Gasteiger partial charge in [0.05, 0.1) is 0 Å². The third-order valence-electron chi connectivity index (χ3n) is 1.63. The first-order valence-corrected chi connectivity index (χ1v) is 4.55. The average Bonchev–Trinajstić information content (AvgIpc) is 1.90. The van der Waals surface area contributed by atoms with Crippen LogP contribution in [0.25, 0.3) is 0 Å². The SMILES string of the molecule is Cc1cc2ccc1OS2(=O)=O. The molecular weight excluding hydrogens is 164 g/mol. The third-order valence-corrected chi connectivity index (χ3v) is 2.86. The van der Waals surface area contributed by atoms with Gasteiger partial charge in [0.25, 0.3) is 0 Å². The normalized spacial score (nSPS) is 17.9. The van der Waals surface area contributed by atoms with E-state index in [1.54, 1.807) is 18.2 Å². The van der Waals surface area contributed by atoms with E-state index >= 15 is 0 Å². The fourth-order valence-corrected chi connectivity index (χ4v) is 2.11. The molecule has 0 aliphatic carbocycles. The Balaban J connectivity index is 2.84. The molecule has 0 N–H and O–H groups in total. The van der Waals surface area contributed by atoms with E-state index in [2.05, 4.69) is 4.18 Å². The Labute approximate surface area is 64.7 Å². The monoisotopic (exact) mass is 170 g/mol. The highest BCUT2D eigenvalue weighted by molar-refractivity contribution is 7.87. The van der Waals surface area contributed by atoms with Gasteiger partial charge in [0.2, 0.25) is 0 Å². The lowest BCUT2D eigenvalue weighted by Gasteiger charge is -2.15. The summed E-state index contributed by atoms with van der Waals surface area (Å²) in [4.78, 5) is 0.241. The first-order chi connectivity index (χ1) is 5.09. The molecule has 2 heterocycles. The maximum Gasteiger partial charge on any atom is 0.339 e. The minimum absolute atomic E-state index is 0.241. The van der Waals surface area contributed by atoms with Crippen molar-refractivity contribution in [1.29, 1.82) is 0 Å². The molecule has 0 amide bonds. The number of aryl methyl sites for hydroxylation is 1. The zero-order chi connectivity index (χ0) is 8.06. The maximum atomic E-state index is 11.0. The molecular formula is C7H6O3S. The number of benzene rings is 1. The number of fused-ring (bicyclic) bond motifs is 3. The van der Waals surface area contributed by atoms with Crippen LogP contribution in [0, 0.1) is 6.92 Å². The van der Waals surface area contributed by atoms with Crippen molar-refractivity contribution in [2.75, 3.05) is 0 Å². The van der Waals surface area contributed by atoms with Crippen molar-refractivity contribution in [3.05, 3.63) is 23.8 Å². The van der Waals surface area contributed by atoms with Gasteiger partial charge in [-0.25, -0.2) is 0 Å². The summed E-state index contributed by atoms with van der Waals surface area (Å²) in [6, 6.07) is 4.81. The lowest BCUT2D eigenvalue weighted by molar-refractivity contribution is 0.475. The predicted octanol–water partition coefficient (Wildman–Crippen LogP) is 1.08. The molecule has 2 bridgehead atoms. The topological polar surface area (TPSA) is 43.4 Å². The summed E-state index contributed by atoms with van der Waals surface area (Å²) in [5.41, 5.74) is 0.859. The van der Waals surface area contributed by atoms with Gasteiger partial charge in [-0.15, -0.1) is 0 Å². The highest BCUT2D eigenvalue weighted by atomic mass is 32.2. The Kier molecular flexibility index (Phi) is 1.07. The van der Waals surface area contributed by atoms with Crippen LogP contribution in [-0.2, 0) is 10.1 Å². The van der Waals surface area contributed by atoms with Crippen LogP contribution in [0.15, 0.2) is 23.1 Å². The molecule has 3 nitrogen and oxygen atoms in total. The lowest BCUT2D eigenvalue weighted by Crippen LogP contribution is -2.15. The minimum Gasteiger partial charge on any atom is -0.379 e. The van der Waals surface area contributed by atoms with E-state index in [1.807, 2.05) is 6.92 Å². The van der Waals surface area contributed by atoms with E-state index in [9.17, 15) is 8.42 Å². The smallest absolute Gasteiger partial charge is 0.339 e. The van der Waals surface area contributed by atoms with Gasteiger partial charge in [0.1, 0.15) is 10.6 Å². The van der Waals surface area contributed by atoms with Gasteiger partial charge < -0.3 is 4.18 Å². The second-order valence-electron chi connectivity index (χ2n) is 2.46. The highest BCUT2D eigenvalue weighted by Gasteiger charge is 2.24. The second-order valence-corrected chi connectivity index (χ2v) is 4.01. The van der Waals surface area contributed by atoms with E-state index < -0.39 is 10.1 Å². The second kappa shape index (κ2) is 1.76. The van der Waals surface area contributed by atoms with Gasteiger partial charge in [-0.05, 0) is 30.7 Å². The zero-order valence-corrected chi connectivity index (χ0v) is 6.68. The van der Waals surface area contributed by atoms with Crippen molar-refractivity contribution in [1.82, 2.24) is 0 Å². The molecule has 2 aliphatic heterocycles. The predicted molar refractivity (Wildman–Crippen MR) is 39.0 cm³/mol. The molecule has 0 spiro atoms. The van der Waals surface area contributed by atoms with Gasteiger partial charge in [-0.1, -0.05) is 0 Å². The molecule has 4 heteroatoms. The standard InChI is InChI=1S/C7H6O3S/c1-5-4-6-2-3-7(5)10-11(6,8)9/h2-4H,1H3. The first-order valence-electron chi connectivity index (χ1n) is 3.15. The van der Waals surface area contributed by atoms with Crippen molar-refractivity contribution < 1.29 is 12.6 Å². The molecule has 1 aromatic rings. The molecule has 2 aliphatic rings. The van der Waals surface area contributed by atoms with Gasteiger partial charge in [0.15, 0.2) is 0 Å². The fraction of sp³-hybridized carbons (Fsp3) is 0.143. The zero-order valence-electron chi connectivity index (χ0n) is 5.87. The largest absolute Gasteiger partial charge is 0.379 e. The molecule has 3 rings (SSSR count). The van der Waals surface area contributed by atoms with E-state index in [4.69, 9.17) is 0 Å².